The van der Waals surface area contributed by atoms with Crippen molar-refractivity contribution in [3.8, 4) is 0 Å². The molecule has 1 aromatic rings. The Bertz CT molecular complexity index is 416. The molecule has 0 fully saturated rings. The van der Waals surface area contributed by atoms with Crippen molar-refractivity contribution < 1.29 is 9.59 Å². The average Bonchev–Trinajstić information content (AvgIpc) is 2.18. The molecule has 0 saturated heterocycles. The molecule has 15 heavy (non-hydrogen) atoms. The first kappa shape index (κ1) is 11.3. The molecule has 0 radical (unpaired) electrons. The van der Waals surface area contributed by atoms with Crippen molar-refractivity contribution in [2.75, 3.05) is 5.32 Å². The van der Waals surface area contributed by atoms with Crippen LogP contribution in [0.4, 0.5) is 5.69 Å². The second-order valence-electron chi connectivity index (χ2n) is 2.70. The Balaban J connectivity index is 2.67. The van der Waals surface area contributed by atoms with Crippen molar-refractivity contribution in [1.29, 1.82) is 0 Å². The van der Waals surface area contributed by atoms with Gasteiger partial charge in [-0.3, -0.25) is 9.59 Å². The number of nitrogens with two attached hydrogens (primary N) is 1. The molecule has 0 saturated carbocycles. The number of hydrogen-bond donors (Lipinski definition) is 2. The lowest BCUT2D eigenvalue weighted by atomic mass is 10.3. The lowest BCUT2D eigenvalue weighted by molar-refractivity contribution is -0.115. The quantitative estimate of drug-likeness (QED) is 0.760. The number of para-hydroxylation sites is 1. The van der Waals surface area contributed by atoms with Crippen LogP contribution in [-0.2, 0) is 9.59 Å². The molecule has 0 aromatic heterocycles. The van der Waals surface area contributed by atoms with E-state index in [2.05, 4.69) is 5.32 Å². The van der Waals surface area contributed by atoms with Gasteiger partial charge >= 0.3 is 0 Å². The van der Waals surface area contributed by atoms with Crippen molar-refractivity contribution in [1.82, 2.24) is 0 Å². The van der Waals surface area contributed by atoms with Gasteiger partial charge in [-0.05, 0) is 12.1 Å². The smallest absolute Gasteiger partial charge is 0.248 e. The minimum absolute atomic E-state index is 0.429. The van der Waals surface area contributed by atoms with E-state index in [-0.39, 0.29) is 0 Å². The van der Waals surface area contributed by atoms with Crippen molar-refractivity contribution >= 4 is 29.1 Å². The minimum Gasteiger partial charge on any atom is -0.366 e. The van der Waals surface area contributed by atoms with Crippen LogP contribution in [0.3, 0.4) is 0 Å². The summed E-state index contributed by atoms with van der Waals surface area (Å²) in [6, 6.07) is 6.78. The third kappa shape index (κ3) is 3.83. The molecule has 0 heterocycles. The van der Waals surface area contributed by atoms with Crippen LogP contribution < -0.4 is 11.1 Å². The summed E-state index contributed by atoms with van der Waals surface area (Å²) in [6.07, 6.45) is 2.03. The number of anilines is 1. The third-order valence-corrected chi connectivity index (χ3v) is 1.86. The molecule has 0 bridgehead atoms. The van der Waals surface area contributed by atoms with Crippen LogP contribution >= 0.6 is 11.6 Å². The Labute approximate surface area is 91.7 Å². The highest BCUT2D eigenvalue weighted by atomic mass is 35.5. The first-order valence-electron chi connectivity index (χ1n) is 4.12. The summed E-state index contributed by atoms with van der Waals surface area (Å²) in [5.74, 6) is -1.13. The van der Waals surface area contributed by atoms with Crippen LogP contribution in [-0.4, -0.2) is 11.8 Å². The zero-order valence-electron chi connectivity index (χ0n) is 7.74. The molecule has 2 amide bonds. The number of nitrogens with one attached hydrogen (secondary N) is 1. The van der Waals surface area contributed by atoms with Gasteiger partial charge in [0.2, 0.25) is 11.8 Å². The molecule has 0 aliphatic rings. The normalized spacial score (nSPS) is 10.2. The van der Waals surface area contributed by atoms with Gasteiger partial charge < -0.3 is 11.1 Å². The van der Waals surface area contributed by atoms with Gasteiger partial charge in [0.25, 0.3) is 0 Å². The van der Waals surface area contributed by atoms with Crippen LogP contribution in [0, 0.1) is 0 Å². The maximum absolute atomic E-state index is 11.2. The maximum atomic E-state index is 11.2. The molecule has 4 nitrogen and oxygen atoms in total. The number of benzene rings is 1. The monoisotopic (exact) mass is 224 g/mol. The SMILES string of the molecule is NC(=O)/C=C/C(=O)Nc1ccccc1Cl. The predicted octanol–water partition coefficient (Wildman–Crippen LogP) is 1.32. The van der Waals surface area contributed by atoms with Crippen LogP contribution in [0.2, 0.25) is 5.02 Å². The highest BCUT2D eigenvalue weighted by molar-refractivity contribution is 6.33. The third-order valence-electron chi connectivity index (χ3n) is 1.53. The zero-order chi connectivity index (χ0) is 11.3. The zero-order valence-corrected chi connectivity index (χ0v) is 8.49. The van der Waals surface area contributed by atoms with E-state index in [1.165, 1.54) is 0 Å². The molecular weight excluding hydrogens is 216 g/mol. The van der Waals surface area contributed by atoms with Gasteiger partial charge in [0.1, 0.15) is 0 Å². The van der Waals surface area contributed by atoms with Crippen molar-refractivity contribution in [2.45, 2.75) is 0 Å². The number of rotatable bonds is 3. The number of carbonyl (C=O) groups is 2. The summed E-state index contributed by atoms with van der Waals surface area (Å²) in [7, 11) is 0. The van der Waals surface area contributed by atoms with Crippen molar-refractivity contribution in [3.05, 3.63) is 41.4 Å². The Kier molecular flexibility index (Phi) is 3.88. The molecule has 1 aromatic carbocycles. The van der Waals surface area contributed by atoms with Gasteiger partial charge in [-0.15, -0.1) is 0 Å². The number of halogens is 1. The molecule has 0 unspecified atom stereocenters. The fourth-order valence-corrected chi connectivity index (χ4v) is 1.08. The Morgan fingerprint density at radius 2 is 1.93 bits per heavy atom. The largest absolute Gasteiger partial charge is 0.366 e. The summed E-state index contributed by atoms with van der Waals surface area (Å²) in [4.78, 5) is 21.6. The highest BCUT2D eigenvalue weighted by Gasteiger charge is 2.01. The molecular formula is C10H9ClN2O2. The lowest BCUT2D eigenvalue weighted by Crippen LogP contribution is -2.11. The highest BCUT2D eigenvalue weighted by Crippen LogP contribution is 2.20. The minimum atomic E-state index is -0.677. The number of primary amides is 1. The Morgan fingerprint density at radius 1 is 1.27 bits per heavy atom. The van der Waals surface area contributed by atoms with Crippen LogP contribution in [0.15, 0.2) is 36.4 Å². The van der Waals surface area contributed by atoms with Crippen LogP contribution in [0.25, 0.3) is 0 Å². The number of hydrogen-bond acceptors (Lipinski definition) is 2. The molecule has 3 N–H and O–H groups in total. The summed E-state index contributed by atoms with van der Waals surface area (Å²) in [6.45, 7) is 0. The standard InChI is InChI=1S/C10H9ClN2O2/c11-7-3-1-2-4-8(7)13-10(15)6-5-9(12)14/h1-6H,(H2,12,14)(H,13,15)/b6-5+. The number of carbonyl (C=O) groups excluding carboxylic acids is 2. The molecule has 0 spiro atoms. The molecule has 0 atom stereocenters. The van der Waals surface area contributed by atoms with Crippen molar-refractivity contribution in [2.24, 2.45) is 5.73 Å². The average molecular weight is 225 g/mol. The molecule has 0 aliphatic heterocycles. The van der Waals surface area contributed by atoms with Gasteiger partial charge in [0, 0.05) is 12.2 Å². The second kappa shape index (κ2) is 5.17. The van der Waals surface area contributed by atoms with E-state index in [0.717, 1.165) is 12.2 Å². The second-order valence-corrected chi connectivity index (χ2v) is 3.11. The van der Waals surface area contributed by atoms with Gasteiger partial charge in [-0.1, -0.05) is 23.7 Å². The van der Waals surface area contributed by atoms with E-state index in [4.69, 9.17) is 17.3 Å². The molecule has 0 aliphatic carbocycles. The Morgan fingerprint density at radius 3 is 2.53 bits per heavy atom. The lowest BCUT2D eigenvalue weighted by Gasteiger charge is -2.03. The predicted molar refractivity (Wildman–Crippen MR) is 58.4 cm³/mol. The summed E-state index contributed by atoms with van der Waals surface area (Å²) < 4.78 is 0. The van der Waals surface area contributed by atoms with Crippen LogP contribution in [0.1, 0.15) is 0 Å². The topological polar surface area (TPSA) is 72.2 Å². The number of amides is 2. The first-order chi connectivity index (χ1) is 7.09. The molecule has 5 heteroatoms. The molecule has 78 valence electrons. The first-order valence-corrected chi connectivity index (χ1v) is 4.50. The van der Waals surface area contributed by atoms with E-state index in [1.54, 1.807) is 24.3 Å². The van der Waals surface area contributed by atoms with Gasteiger partial charge in [-0.2, -0.15) is 0 Å². The van der Waals surface area contributed by atoms with Crippen LogP contribution in [0.5, 0.6) is 0 Å². The van der Waals surface area contributed by atoms with E-state index in [9.17, 15) is 9.59 Å². The van der Waals surface area contributed by atoms with E-state index < -0.39 is 11.8 Å². The van der Waals surface area contributed by atoms with Gasteiger partial charge in [0.05, 0.1) is 10.7 Å². The summed E-state index contributed by atoms with van der Waals surface area (Å²) in [5.41, 5.74) is 5.32. The van der Waals surface area contributed by atoms with Gasteiger partial charge in [-0.25, -0.2) is 0 Å². The van der Waals surface area contributed by atoms with E-state index in [0.29, 0.717) is 10.7 Å². The van der Waals surface area contributed by atoms with E-state index in [1.807, 2.05) is 0 Å². The summed E-state index contributed by atoms with van der Waals surface area (Å²) in [5, 5.41) is 2.93. The molecule has 1 rings (SSSR count). The fraction of sp³-hybridized carbons (Fsp3) is 0. The summed E-state index contributed by atoms with van der Waals surface area (Å²) >= 11 is 5.80. The van der Waals surface area contributed by atoms with Gasteiger partial charge in [0.15, 0.2) is 0 Å². The Hall–Kier alpha value is -1.81. The maximum Gasteiger partial charge on any atom is 0.248 e. The van der Waals surface area contributed by atoms with Crippen molar-refractivity contribution in [3.63, 3.8) is 0 Å². The fourth-order valence-electron chi connectivity index (χ4n) is 0.895. The van der Waals surface area contributed by atoms with E-state index >= 15 is 0 Å².